The fraction of sp³-hybridized carbons (Fsp3) is 0.583. The number of halogens is 1. The molecule has 0 spiro atoms. The van der Waals surface area contributed by atoms with Crippen molar-refractivity contribution in [3.8, 4) is 0 Å². The highest BCUT2D eigenvalue weighted by Crippen LogP contribution is 2.38. The van der Waals surface area contributed by atoms with E-state index in [-0.39, 0.29) is 34.9 Å². The Bertz CT molecular complexity index is 516. The SMILES string of the molecule is O=C(c1ccc([N+](=O)[O-])[nH]1)N1C2CCC1CC(Cl)C2. The van der Waals surface area contributed by atoms with E-state index < -0.39 is 4.92 Å². The van der Waals surface area contributed by atoms with Crippen molar-refractivity contribution in [1.29, 1.82) is 0 Å². The molecule has 0 radical (unpaired) electrons. The molecule has 2 saturated heterocycles. The van der Waals surface area contributed by atoms with Crippen LogP contribution in [0.4, 0.5) is 5.82 Å². The molecule has 2 aliphatic heterocycles. The van der Waals surface area contributed by atoms with Crippen LogP contribution in [0.1, 0.15) is 36.2 Å². The number of nitro groups is 1. The fourth-order valence-electron chi connectivity index (χ4n) is 3.20. The normalized spacial score (nSPS) is 29.5. The van der Waals surface area contributed by atoms with Crippen molar-refractivity contribution in [3.05, 3.63) is 27.9 Å². The zero-order chi connectivity index (χ0) is 13.6. The molecule has 3 rings (SSSR count). The van der Waals surface area contributed by atoms with Gasteiger partial charge in [-0.25, -0.2) is 4.98 Å². The zero-order valence-electron chi connectivity index (χ0n) is 10.2. The molecule has 0 aliphatic carbocycles. The predicted molar refractivity (Wildman–Crippen MR) is 69.3 cm³/mol. The first kappa shape index (κ1) is 12.5. The van der Waals surface area contributed by atoms with Crippen molar-refractivity contribution in [2.24, 2.45) is 0 Å². The molecule has 2 fully saturated rings. The Morgan fingerprint density at radius 2 is 2.00 bits per heavy atom. The van der Waals surface area contributed by atoms with Gasteiger partial charge in [0.1, 0.15) is 0 Å². The van der Waals surface area contributed by atoms with Crippen molar-refractivity contribution >= 4 is 23.3 Å². The summed E-state index contributed by atoms with van der Waals surface area (Å²) in [4.78, 5) is 27.0. The number of fused-ring (bicyclic) bond motifs is 2. The number of hydrogen-bond donors (Lipinski definition) is 1. The highest BCUT2D eigenvalue weighted by Gasteiger charge is 2.43. The summed E-state index contributed by atoms with van der Waals surface area (Å²) in [5.41, 5.74) is 0.289. The minimum atomic E-state index is -0.531. The number of hydrogen-bond acceptors (Lipinski definition) is 3. The van der Waals surface area contributed by atoms with E-state index in [0.717, 1.165) is 25.7 Å². The number of H-pyrrole nitrogens is 1. The quantitative estimate of drug-likeness (QED) is 0.514. The maximum absolute atomic E-state index is 12.4. The maximum Gasteiger partial charge on any atom is 0.321 e. The van der Waals surface area contributed by atoms with Crippen LogP contribution in [0.5, 0.6) is 0 Å². The average Bonchev–Trinajstić information content (AvgIpc) is 2.93. The molecule has 2 bridgehead atoms. The fourth-order valence-corrected chi connectivity index (χ4v) is 3.61. The van der Waals surface area contributed by atoms with E-state index in [1.807, 2.05) is 4.90 Å². The summed E-state index contributed by atoms with van der Waals surface area (Å²) in [6.07, 6.45) is 3.57. The number of alkyl halides is 1. The zero-order valence-corrected chi connectivity index (χ0v) is 11.0. The van der Waals surface area contributed by atoms with Crippen molar-refractivity contribution in [2.45, 2.75) is 43.1 Å². The van der Waals surface area contributed by atoms with Gasteiger partial charge < -0.3 is 15.0 Å². The third-order valence-corrected chi connectivity index (χ3v) is 4.36. The molecule has 0 aromatic carbocycles. The van der Waals surface area contributed by atoms with E-state index >= 15 is 0 Å². The Labute approximate surface area is 114 Å². The summed E-state index contributed by atoms with van der Waals surface area (Å²) in [7, 11) is 0. The van der Waals surface area contributed by atoms with Gasteiger partial charge in [-0.15, -0.1) is 11.6 Å². The molecule has 7 heteroatoms. The first-order valence-electron chi connectivity index (χ1n) is 6.36. The van der Waals surface area contributed by atoms with Gasteiger partial charge in [-0.1, -0.05) is 0 Å². The lowest BCUT2D eigenvalue weighted by molar-refractivity contribution is -0.389. The Morgan fingerprint density at radius 3 is 2.53 bits per heavy atom. The van der Waals surface area contributed by atoms with Crippen molar-refractivity contribution in [3.63, 3.8) is 0 Å². The monoisotopic (exact) mass is 283 g/mol. The summed E-state index contributed by atoms with van der Waals surface area (Å²) in [5, 5.41) is 10.8. The van der Waals surface area contributed by atoms with Crippen LogP contribution < -0.4 is 0 Å². The van der Waals surface area contributed by atoms with Gasteiger partial charge >= 0.3 is 5.82 Å². The van der Waals surface area contributed by atoms with Crippen LogP contribution in [-0.4, -0.2) is 38.2 Å². The number of piperidine rings is 1. The number of nitrogens with one attached hydrogen (secondary N) is 1. The Balaban J connectivity index is 1.82. The van der Waals surface area contributed by atoms with Crippen LogP contribution in [0.25, 0.3) is 0 Å². The molecule has 3 heterocycles. The topological polar surface area (TPSA) is 79.2 Å². The van der Waals surface area contributed by atoms with Crippen LogP contribution in [0.15, 0.2) is 12.1 Å². The Kier molecular flexibility index (Phi) is 2.97. The molecule has 6 nitrogen and oxygen atoms in total. The number of carbonyl (C=O) groups is 1. The molecule has 2 unspecified atom stereocenters. The van der Waals surface area contributed by atoms with Crippen LogP contribution in [0.3, 0.4) is 0 Å². The number of amides is 1. The van der Waals surface area contributed by atoms with E-state index in [4.69, 9.17) is 11.6 Å². The number of aromatic nitrogens is 1. The van der Waals surface area contributed by atoms with Gasteiger partial charge in [-0.05, 0) is 36.7 Å². The molecular formula is C12H14ClN3O3. The van der Waals surface area contributed by atoms with Gasteiger partial charge in [0.15, 0.2) is 5.69 Å². The molecule has 2 aliphatic rings. The summed E-state index contributed by atoms with van der Waals surface area (Å²) in [6.45, 7) is 0. The lowest BCUT2D eigenvalue weighted by atomic mass is 10.0. The second kappa shape index (κ2) is 4.52. The first-order valence-corrected chi connectivity index (χ1v) is 6.80. The van der Waals surface area contributed by atoms with E-state index in [2.05, 4.69) is 4.98 Å². The van der Waals surface area contributed by atoms with Gasteiger partial charge in [0.05, 0.1) is 0 Å². The van der Waals surface area contributed by atoms with Crippen LogP contribution in [0, 0.1) is 10.1 Å². The molecule has 2 atom stereocenters. The second-order valence-corrected chi connectivity index (χ2v) is 5.80. The number of carbonyl (C=O) groups excluding carboxylic acids is 1. The van der Waals surface area contributed by atoms with Gasteiger partial charge in [0, 0.05) is 23.5 Å². The third kappa shape index (κ3) is 2.10. The summed E-state index contributed by atoms with van der Waals surface area (Å²) in [6, 6.07) is 3.16. The van der Waals surface area contributed by atoms with Crippen LogP contribution in [-0.2, 0) is 0 Å². The van der Waals surface area contributed by atoms with Gasteiger partial charge in [-0.3, -0.25) is 4.79 Å². The molecule has 1 amide bonds. The number of rotatable bonds is 2. The summed E-state index contributed by atoms with van der Waals surface area (Å²) in [5.74, 6) is -0.299. The first-order chi connectivity index (χ1) is 9.06. The standard InChI is InChI=1S/C12H14ClN3O3/c13-7-5-8-1-2-9(6-7)15(8)12(17)10-3-4-11(14-10)16(18)19/h3-4,7-9,14H,1-2,5-6H2. The largest absolute Gasteiger partial charge is 0.358 e. The highest BCUT2D eigenvalue weighted by molar-refractivity contribution is 6.20. The van der Waals surface area contributed by atoms with Gasteiger partial charge in [0.25, 0.3) is 5.91 Å². The number of aromatic amines is 1. The van der Waals surface area contributed by atoms with Gasteiger partial charge in [0.2, 0.25) is 0 Å². The smallest absolute Gasteiger partial charge is 0.321 e. The lowest BCUT2D eigenvalue weighted by Gasteiger charge is -2.36. The molecular weight excluding hydrogens is 270 g/mol. The highest BCUT2D eigenvalue weighted by atomic mass is 35.5. The van der Waals surface area contributed by atoms with Crippen LogP contribution >= 0.6 is 11.6 Å². The van der Waals surface area contributed by atoms with Crippen molar-refractivity contribution in [2.75, 3.05) is 0 Å². The van der Waals surface area contributed by atoms with E-state index in [1.54, 1.807) is 0 Å². The average molecular weight is 284 g/mol. The lowest BCUT2D eigenvalue weighted by Crippen LogP contribution is -2.47. The Morgan fingerprint density at radius 1 is 1.37 bits per heavy atom. The van der Waals surface area contributed by atoms with E-state index in [0.29, 0.717) is 0 Å². The number of nitrogens with zero attached hydrogens (tertiary/aromatic N) is 2. The molecule has 1 aromatic rings. The minimum Gasteiger partial charge on any atom is -0.358 e. The van der Waals surface area contributed by atoms with E-state index in [9.17, 15) is 14.9 Å². The molecule has 102 valence electrons. The van der Waals surface area contributed by atoms with Crippen molar-refractivity contribution < 1.29 is 9.72 Å². The second-order valence-electron chi connectivity index (χ2n) is 5.18. The van der Waals surface area contributed by atoms with E-state index in [1.165, 1.54) is 12.1 Å². The minimum absolute atomic E-state index is 0.138. The van der Waals surface area contributed by atoms with Crippen molar-refractivity contribution in [1.82, 2.24) is 9.88 Å². The maximum atomic E-state index is 12.4. The summed E-state index contributed by atoms with van der Waals surface area (Å²) >= 11 is 6.17. The molecule has 1 aromatic heterocycles. The summed E-state index contributed by atoms with van der Waals surface area (Å²) < 4.78 is 0. The third-order valence-electron chi connectivity index (χ3n) is 4.01. The molecule has 0 saturated carbocycles. The molecule has 1 N–H and O–H groups in total. The Hall–Kier alpha value is -1.56. The van der Waals surface area contributed by atoms with Gasteiger partial charge in [-0.2, -0.15) is 0 Å². The molecule has 19 heavy (non-hydrogen) atoms. The van der Waals surface area contributed by atoms with Crippen LogP contribution in [0.2, 0.25) is 0 Å². The predicted octanol–water partition coefficient (Wildman–Crippen LogP) is 2.30.